The first-order chi connectivity index (χ1) is 18.7. The molecule has 7 rings (SSSR count). The van der Waals surface area contributed by atoms with Gasteiger partial charge < -0.3 is 20.1 Å². The summed E-state index contributed by atoms with van der Waals surface area (Å²) in [4.78, 5) is 19.0. The first-order valence-corrected chi connectivity index (χ1v) is 13.2. The maximum absolute atomic E-state index is 6.05. The van der Waals surface area contributed by atoms with E-state index in [4.69, 9.17) is 19.4 Å². The molecular formula is C29H29N7O2. The Hall–Kier alpha value is -4.24. The highest BCUT2D eigenvalue weighted by Gasteiger charge is 2.26. The fraction of sp³-hybridized carbons (Fsp3) is 0.310. The topological polar surface area (TPSA) is 99.0 Å². The van der Waals surface area contributed by atoms with Crippen LogP contribution in [0.1, 0.15) is 38.3 Å². The van der Waals surface area contributed by atoms with E-state index in [2.05, 4.69) is 32.7 Å². The molecule has 1 aliphatic heterocycles. The van der Waals surface area contributed by atoms with Gasteiger partial charge in [0.25, 0.3) is 0 Å². The molecule has 1 aliphatic carbocycles. The average Bonchev–Trinajstić information content (AvgIpc) is 3.68. The van der Waals surface area contributed by atoms with E-state index in [1.165, 1.54) is 0 Å². The monoisotopic (exact) mass is 507 g/mol. The zero-order valence-corrected chi connectivity index (χ0v) is 21.2. The largest absolute Gasteiger partial charge is 0.497 e. The highest BCUT2D eigenvalue weighted by atomic mass is 16.5. The van der Waals surface area contributed by atoms with Crippen molar-refractivity contribution < 1.29 is 9.47 Å². The lowest BCUT2D eigenvalue weighted by Crippen LogP contribution is -2.18. The van der Waals surface area contributed by atoms with Gasteiger partial charge in [-0.15, -0.1) is 0 Å². The summed E-state index contributed by atoms with van der Waals surface area (Å²) in [6, 6.07) is 16.7. The third-order valence-electron chi connectivity index (χ3n) is 7.18. The van der Waals surface area contributed by atoms with Crippen molar-refractivity contribution in [2.75, 3.05) is 24.4 Å². The summed E-state index contributed by atoms with van der Waals surface area (Å²) in [5, 5.41) is 8.02. The Morgan fingerprint density at radius 1 is 1.00 bits per heavy atom. The van der Waals surface area contributed by atoms with Gasteiger partial charge in [0.2, 0.25) is 5.95 Å². The van der Waals surface area contributed by atoms with Crippen LogP contribution >= 0.6 is 0 Å². The number of anilines is 3. The summed E-state index contributed by atoms with van der Waals surface area (Å²) in [5.41, 5.74) is 5.50. The highest BCUT2D eigenvalue weighted by Crippen LogP contribution is 2.34. The minimum absolute atomic E-state index is 0.0533. The van der Waals surface area contributed by atoms with Gasteiger partial charge in [-0.1, -0.05) is 12.1 Å². The maximum Gasteiger partial charge on any atom is 0.231 e. The fourth-order valence-electron chi connectivity index (χ4n) is 5.04. The van der Waals surface area contributed by atoms with Gasteiger partial charge in [-0.25, -0.2) is 4.98 Å². The number of imidazole rings is 1. The molecule has 9 heteroatoms. The molecule has 9 nitrogen and oxygen atoms in total. The van der Waals surface area contributed by atoms with E-state index < -0.39 is 0 Å². The number of nitrogens with zero attached hydrogens (tertiary/aromatic N) is 5. The molecule has 1 unspecified atom stereocenters. The van der Waals surface area contributed by atoms with Crippen molar-refractivity contribution >= 4 is 39.5 Å². The Morgan fingerprint density at radius 2 is 1.95 bits per heavy atom. The predicted octanol–water partition coefficient (Wildman–Crippen LogP) is 6.07. The van der Waals surface area contributed by atoms with Gasteiger partial charge >= 0.3 is 0 Å². The standard InChI is InChI=1S/C29H29N7O2/c1-37-21-6-4-5-18(15-21)22-12-13-30-24-11-10-20(16-23(22)24)33-29-34-27(32-19-8-9-19)26-28(35-29)36(17-31-26)25-7-2-3-14-38-25/h4-6,10-13,15-17,19,25H,2-3,7-9,14H2,1H3,(H2,32,33,34,35). The van der Waals surface area contributed by atoms with Crippen LogP contribution in [0.4, 0.5) is 17.5 Å². The van der Waals surface area contributed by atoms with Gasteiger partial charge in [-0.05, 0) is 79.6 Å². The number of ether oxygens (including phenoxy) is 2. The summed E-state index contributed by atoms with van der Waals surface area (Å²) >= 11 is 0. The van der Waals surface area contributed by atoms with Crippen LogP contribution in [0, 0.1) is 0 Å². The molecule has 1 saturated heterocycles. The molecule has 192 valence electrons. The van der Waals surface area contributed by atoms with Crippen molar-refractivity contribution in [1.82, 2.24) is 24.5 Å². The van der Waals surface area contributed by atoms with Crippen molar-refractivity contribution in [3.05, 3.63) is 61.1 Å². The SMILES string of the molecule is COc1cccc(-c2ccnc3ccc(Nc4nc(NC5CC5)c5ncn(C6CCCCO6)c5n4)cc23)c1. The molecule has 2 fully saturated rings. The number of benzene rings is 2. The lowest BCUT2D eigenvalue weighted by atomic mass is 10.0. The molecule has 2 N–H and O–H groups in total. The van der Waals surface area contributed by atoms with Crippen LogP contribution in [0.15, 0.2) is 61.1 Å². The van der Waals surface area contributed by atoms with Crippen LogP contribution in [0.5, 0.6) is 5.75 Å². The average molecular weight is 508 g/mol. The smallest absolute Gasteiger partial charge is 0.231 e. The van der Waals surface area contributed by atoms with Crippen LogP contribution in [0.2, 0.25) is 0 Å². The minimum atomic E-state index is -0.0533. The number of hydrogen-bond acceptors (Lipinski definition) is 8. The third kappa shape index (κ3) is 4.39. The maximum atomic E-state index is 6.05. The first kappa shape index (κ1) is 22.9. The van der Waals surface area contributed by atoms with E-state index in [-0.39, 0.29) is 6.23 Å². The van der Waals surface area contributed by atoms with Gasteiger partial charge in [0.05, 0.1) is 19.0 Å². The number of pyridine rings is 1. The Kier molecular flexibility index (Phi) is 5.77. The van der Waals surface area contributed by atoms with Gasteiger partial charge in [0, 0.05) is 29.9 Å². The van der Waals surface area contributed by atoms with Crippen molar-refractivity contribution in [2.24, 2.45) is 0 Å². The van der Waals surface area contributed by atoms with Crippen LogP contribution in [0.25, 0.3) is 33.2 Å². The summed E-state index contributed by atoms with van der Waals surface area (Å²) in [6.45, 7) is 0.758. The molecule has 0 bridgehead atoms. The highest BCUT2D eigenvalue weighted by molar-refractivity contribution is 5.96. The van der Waals surface area contributed by atoms with Gasteiger partial charge in [-0.2, -0.15) is 9.97 Å². The Morgan fingerprint density at radius 3 is 2.79 bits per heavy atom. The normalized spacial score (nSPS) is 17.6. The van der Waals surface area contributed by atoms with E-state index in [9.17, 15) is 0 Å². The first-order valence-electron chi connectivity index (χ1n) is 13.2. The minimum Gasteiger partial charge on any atom is -0.497 e. The van der Waals surface area contributed by atoms with Gasteiger partial charge in [0.1, 0.15) is 12.0 Å². The predicted molar refractivity (Wildman–Crippen MR) is 148 cm³/mol. The van der Waals surface area contributed by atoms with E-state index in [1.807, 2.05) is 53.5 Å². The van der Waals surface area contributed by atoms with Crippen molar-refractivity contribution in [3.8, 4) is 16.9 Å². The Bertz CT molecular complexity index is 1620. The molecule has 1 saturated carbocycles. The summed E-state index contributed by atoms with van der Waals surface area (Å²) in [5.74, 6) is 2.09. The van der Waals surface area contributed by atoms with E-state index in [1.54, 1.807) is 7.11 Å². The number of fused-ring (bicyclic) bond motifs is 2. The number of aromatic nitrogens is 5. The van der Waals surface area contributed by atoms with Crippen LogP contribution in [-0.2, 0) is 4.74 Å². The molecule has 2 aromatic carbocycles. The number of nitrogens with one attached hydrogen (secondary N) is 2. The molecule has 0 spiro atoms. The molecule has 1 atom stereocenters. The van der Waals surface area contributed by atoms with Crippen LogP contribution in [-0.4, -0.2) is 44.3 Å². The van der Waals surface area contributed by atoms with Crippen LogP contribution < -0.4 is 15.4 Å². The van der Waals surface area contributed by atoms with Gasteiger partial charge in [0.15, 0.2) is 17.0 Å². The number of rotatable bonds is 7. The quantitative estimate of drug-likeness (QED) is 0.274. The third-order valence-corrected chi connectivity index (χ3v) is 7.18. The lowest BCUT2D eigenvalue weighted by Gasteiger charge is -2.24. The van der Waals surface area contributed by atoms with Gasteiger partial charge in [-0.3, -0.25) is 9.55 Å². The second kappa shape index (κ2) is 9.57. The zero-order valence-electron chi connectivity index (χ0n) is 21.2. The van der Waals surface area contributed by atoms with Crippen molar-refractivity contribution in [2.45, 2.75) is 44.4 Å². The Balaban J connectivity index is 1.28. The molecule has 0 amide bonds. The van der Waals surface area contributed by atoms with E-state index in [0.29, 0.717) is 12.0 Å². The molecular weight excluding hydrogens is 478 g/mol. The molecule has 2 aliphatic rings. The number of hydrogen-bond donors (Lipinski definition) is 2. The molecule has 5 aromatic rings. The summed E-state index contributed by atoms with van der Waals surface area (Å²) < 4.78 is 13.5. The Labute approximate surface area is 220 Å². The van der Waals surface area contributed by atoms with Crippen molar-refractivity contribution in [1.29, 1.82) is 0 Å². The van der Waals surface area contributed by atoms with E-state index >= 15 is 0 Å². The summed E-state index contributed by atoms with van der Waals surface area (Å²) in [6.07, 6.45) is 9.08. The second-order valence-electron chi connectivity index (χ2n) is 9.91. The lowest BCUT2D eigenvalue weighted by molar-refractivity contribution is -0.0298. The van der Waals surface area contributed by atoms with Crippen molar-refractivity contribution in [3.63, 3.8) is 0 Å². The molecule has 3 aromatic heterocycles. The zero-order chi connectivity index (χ0) is 25.5. The molecule has 38 heavy (non-hydrogen) atoms. The number of methoxy groups -OCH3 is 1. The molecule has 4 heterocycles. The van der Waals surface area contributed by atoms with Crippen LogP contribution in [0.3, 0.4) is 0 Å². The second-order valence-corrected chi connectivity index (χ2v) is 9.91. The summed E-state index contributed by atoms with van der Waals surface area (Å²) in [7, 11) is 1.68. The fourth-order valence-corrected chi connectivity index (χ4v) is 5.04. The van der Waals surface area contributed by atoms with E-state index in [0.717, 1.165) is 89.2 Å². The molecule has 0 radical (unpaired) electrons.